The van der Waals surface area contributed by atoms with E-state index in [-0.39, 0.29) is 5.91 Å². The minimum Gasteiger partial charge on any atom is -0.469 e. The first kappa shape index (κ1) is 10.8. The molecule has 0 aromatic carbocycles. The van der Waals surface area contributed by atoms with Crippen molar-refractivity contribution in [2.24, 2.45) is 0 Å². The third-order valence-electron chi connectivity index (χ3n) is 1.80. The number of amides is 1. The number of furan rings is 1. The lowest BCUT2D eigenvalue weighted by Crippen LogP contribution is -2.31. The van der Waals surface area contributed by atoms with Gasteiger partial charge in [-0.05, 0) is 12.1 Å². The predicted octanol–water partition coefficient (Wildman–Crippen LogP) is 0.548. The van der Waals surface area contributed by atoms with Crippen LogP contribution in [0.2, 0.25) is 0 Å². The van der Waals surface area contributed by atoms with E-state index in [2.05, 4.69) is 10.6 Å². The van der Waals surface area contributed by atoms with E-state index < -0.39 is 0 Å². The Bertz CT molecular complexity index is 257. The second-order valence-corrected chi connectivity index (χ2v) is 3.06. The minimum absolute atomic E-state index is 0.0119. The van der Waals surface area contributed by atoms with Crippen molar-refractivity contribution in [3.05, 3.63) is 24.2 Å². The van der Waals surface area contributed by atoms with E-state index in [1.165, 1.54) is 6.92 Å². The molecule has 4 heteroatoms. The largest absolute Gasteiger partial charge is 0.469 e. The van der Waals surface area contributed by atoms with Crippen molar-refractivity contribution in [3.8, 4) is 0 Å². The zero-order valence-electron chi connectivity index (χ0n) is 8.38. The fraction of sp³-hybridized carbons (Fsp3) is 0.500. The Hall–Kier alpha value is -1.29. The van der Waals surface area contributed by atoms with Crippen molar-refractivity contribution in [2.45, 2.75) is 13.3 Å². The standard InChI is InChI=1S/C10H16N2O2/c1-9(13)12-7-6-11-5-4-10-3-2-8-14-10/h2-3,8,11H,4-7H2,1H3,(H,12,13). The van der Waals surface area contributed by atoms with Gasteiger partial charge in [-0.25, -0.2) is 0 Å². The van der Waals surface area contributed by atoms with Crippen molar-refractivity contribution < 1.29 is 9.21 Å². The highest BCUT2D eigenvalue weighted by molar-refractivity contribution is 5.72. The summed E-state index contributed by atoms with van der Waals surface area (Å²) in [6.45, 7) is 3.85. The fourth-order valence-electron chi connectivity index (χ4n) is 1.12. The van der Waals surface area contributed by atoms with Gasteiger partial charge in [0.2, 0.25) is 5.91 Å². The van der Waals surface area contributed by atoms with Gasteiger partial charge in [-0.15, -0.1) is 0 Å². The molecule has 0 aliphatic rings. The smallest absolute Gasteiger partial charge is 0.216 e. The third-order valence-corrected chi connectivity index (χ3v) is 1.80. The topological polar surface area (TPSA) is 54.3 Å². The molecule has 0 radical (unpaired) electrons. The molecule has 0 aliphatic carbocycles. The van der Waals surface area contributed by atoms with Gasteiger partial charge in [-0.3, -0.25) is 4.79 Å². The van der Waals surface area contributed by atoms with Crippen LogP contribution in [0.1, 0.15) is 12.7 Å². The predicted molar refractivity (Wildman–Crippen MR) is 54.0 cm³/mol. The molecule has 78 valence electrons. The molecular weight excluding hydrogens is 180 g/mol. The van der Waals surface area contributed by atoms with E-state index >= 15 is 0 Å². The number of hydrogen-bond acceptors (Lipinski definition) is 3. The van der Waals surface area contributed by atoms with Crippen LogP contribution in [0.3, 0.4) is 0 Å². The molecule has 0 atom stereocenters. The number of carbonyl (C=O) groups excluding carboxylic acids is 1. The van der Waals surface area contributed by atoms with Gasteiger partial charge in [0, 0.05) is 33.0 Å². The molecular formula is C10H16N2O2. The van der Waals surface area contributed by atoms with Crippen LogP contribution in [0, 0.1) is 0 Å². The van der Waals surface area contributed by atoms with Gasteiger partial charge in [0.1, 0.15) is 5.76 Å². The van der Waals surface area contributed by atoms with Gasteiger partial charge in [0.15, 0.2) is 0 Å². The third kappa shape index (κ3) is 4.67. The number of hydrogen-bond donors (Lipinski definition) is 2. The average Bonchev–Trinajstić information content (AvgIpc) is 2.63. The molecule has 0 aliphatic heterocycles. The molecule has 0 saturated heterocycles. The highest BCUT2D eigenvalue weighted by atomic mass is 16.3. The van der Waals surface area contributed by atoms with E-state index in [1.54, 1.807) is 6.26 Å². The van der Waals surface area contributed by atoms with Gasteiger partial charge < -0.3 is 15.1 Å². The van der Waals surface area contributed by atoms with Crippen LogP contribution in [0.4, 0.5) is 0 Å². The van der Waals surface area contributed by atoms with Crippen molar-refractivity contribution in [3.63, 3.8) is 0 Å². The molecule has 0 spiro atoms. The van der Waals surface area contributed by atoms with Crippen LogP contribution in [0.25, 0.3) is 0 Å². The summed E-state index contributed by atoms with van der Waals surface area (Å²) in [7, 11) is 0. The van der Waals surface area contributed by atoms with Crippen molar-refractivity contribution in [1.82, 2.24) is 10.6 Å². The molecule has 0 bridgehead atoms. The van der Waals surface area contributed by atoms with Gasteiger partial charge in [0.25, 0.3) is 0 Å². The second kappa shape index (κ2) is 6.21. The molecule has 14 heavy (non-hydrogen) atoms. The van der Waals surface area contributed by atoms with E-state index in [0.29, 0.717) is 6.54 Å². The second-order valence-electron chi connectivity index (χ2n) is 3.06. The van der Waals surface area contributed by atoms with Gasteiger partial charge >= 0.3 is 0 Å². The highest BCUT2D eigenvalue weighted by Gasteiger charge is 1.94. The lowest BCUT2D eigenvalue weighted by atomic mass is 10.3. The Morgan fingerprint density at radius 2 is 2.29 bits per heavy atom. The Morgan fingerprint density at radius 3 is 2.93 bits per heavy atom. The Morgan fingerprint density at radius 1 is 1.43 bits per heavy atom. The van der Waals surface area contributed by atoms with E-state index in [9.17, 15) is 4.79 Å². The maximum absolute atomic E-state index is 10.5. The molecule has 0 fully saturated rings. The van der Waals surface area contributed by atoms with Crippen molar-refractivity contribution >= 4 is 5.91 Å². The molecule has 0 unspecified atom stereocenters. The summed E-state index contributed by atoms with van der Waals surface area (Å²) in [6, 6.07) is 3.84. The average molecular weight is 196 g/mol. The Balaban J connectivity index is 1.92. The molecule has 1 aromatic heterocycles. The van der Waals surface area contributed by atoms with Crippen LogP contribution in [0.15, 0.2) is 22.8 Å². The summed E-state index contributed by atoms with van der Waals surface area (Å²) in [6.07, 6.45) is 2.56. The molecule has 4 nitrogen and oxygen atoms in total. The Kier molecular flexibility index (Phi) is 4.78. The van der Waals surface area contributed by atoms with Crippen LogP contribution >= 0.6 is 0 Å². The maximum atomic E-state index is 10.5. The molecule has 1 rings (SSSR count). The zero-order valence-corrected chi connectivity index (χ0v) is 8.38. The number of rotatable bonds is 6. The zero-order chi connectivity index (χ0) is 10.2. The van der Waals surface area contributed by atoms with Gasteiger partial charge in [-0.1, -0.05) is 0 Å². The minimum atomic E-state index is 0.0119. The van der Waals surface area contributed by atoms with Gasteiger partial charge in [-0.2, -0.15) is 0 Å². The SMILES string of the molecule is CC(=O)NCCNCCc1ccco1. The van der Waals surface area contributed by atoms with Crippen molar-refractivity contribution in [1.29, 1.82) is 0 Å². The lowest BCUT2D eigenvalue weighted by Gasteiger charge is -2.03. The summed E-state index contributed by atoms with van der Waals surface area (Å²) in [5.74, 6) is 0.995. The highest BCUT2D eigenvalue weighted by Crippen LogP contribution is 1.98. The molecule has 1 heterocycles. The maximum Gasteiger partial charge on any atom is 0.216 e. The normalized spacial score (nSPS) is 10.1. The fourth-order valence-corrected chi connectivity index (χ4v) is 1.12. The monoisotopic (exact) mass is 196 g/mol. The van der Waals surface area contributed by atoms with Crippen LogP contribution in [-0.4, -0.2) is 25.5 Å². The lowest BCUT2D eigenvalue weighted by molar-refractivity contribution is -0.118. The Labute approximate surface area is 83.7 Å². The van der Waals surface area contributed by atoms with Crippen LogP contribution < -0.4 is 10.6 Å². The molecule has 1 aromatic rings. The molecule has 2 N–H and O–H groups in total. The molecule has 0 saturated carbocycles. The summed E-state index contributed by atoms with van der Waals surface area (Å²) in [5, 5.41) is 5.92. The summed E-state index contributed by atoms with van der Waals surface area (Å²) >= 11 is 0. The van der Waals surface area contributed by atoms with Gasteiger partial charge in [0.05, 0.1) is 6.26 Å². The van der Waals surface area contributed by atoms with E-state index in [1.807, 2.05) is 12.1 Å². The molecule has 1 amide bonds. The first-order valence-corrected chi connectivity index (χ1v) is 4.76. The van der Waals surface area contributed by atoms with E-state index in [4.69, 9.17) is 4.42 Å². The van der Waals surface area contributed by atoms with Crippen LogP contribution in [0.5, 0.6) is 0 Å². The first-order chi connectivity index (χ1) is 6.79. The number of carbonyl (C=O) groups is 1. The summed E-state index contributed by atoms with van der Waals surface area (Å²) in [4.78, 5) is 10.5. The van der Waals surface area contributed by atoms with Crippen LogP contribution in [-0.2, 0) is 11.2 Å². The summed E-state index contributed by atoms with van der Waals surface area (Å²) < 4.78 is 5.17. The summed E-state index contributed by atoms with van der Waals surface area (Å²) in [5.41, 5.74) is 0. The first-order valence-electron chi connectivity index (χ1n) is 4.76. The van der Waals surface area contributed by atoms with E-state index in [0.717, 1.165) is 25.3 Å². The van der Waals surface area contributed by atoms with Crippen molar-refractivity contribution in [2.75, 3.05) is 19.6 Å². The quantitative estimate of drug-likeness (QED) is 0.653. The number of nitrogens with one attached hydrogen (secondary N) is 2.